The van der Waals surface area contributed by atoms with Crippen LogP contribution in [0.15, 0.2) is 0 Å². The first-order chi connectivity index (χ1) is 12.2. The molecule has 0 bridgehead atoms. The minimum atomic E-state index is -0.526. The highest BCUT2D eigenvalue weighted by atomic mass is 16.5. The first kappa shape index (κ1) is 24.4. The predicted octanol–water partition coefficient (Wildman–Crippen LogP) is 6.56. The summed E-state index contributed by atoms with van der Waals surface area (Å²) in [5, 5.41) is 9.85. The number of aliphatic hydroxyl groups excluding tert-OH is 1. The first-order valence-corrected chi connectivity index (χ1v) is 11.0. The third-order valence-corrected chi connectivity index (χ3v) is 4.80. The molecule has 3 heteroatoms. The smallest absolute Gasteiger partial charge is 0.308 e. The van der Waals surface area contributed by atoms with Crippen LogP contribution in [0, 0.1) is 0 Å². The van der Waals surface area contributed by atoms with Crippen molar-refractivity contribution in [3.8, 4) is 0 Å². The van der Waals surface area contributed by atoms with Crippen molar-refractivity contribution in [3.05, 3.63) is 0 Å². The van der Waals surface area contributed by atoms with Gasteiger partial charge in [-0.15, -0.1) is 0 Å². The van der Waals surface area contributed by atoms with Crippen molar-refractivity contribution in [3.63, 3.8) is 0 Å². The molecule has 0 aliphatic rings. The maximum Gasteiger partial charge on any atom is 0.308 e. The van der Waals surface area contributed by atoms with Crippen LogP contribution in [0.4, 0.5) is 0 Å². The molecule has 0 heterocycles. The third kappa shape index (κ3) is 19.6. The molecule has 0 aliphatic heterocycles. The van der Waals surface area contributed by atoms with Crippen LogP contribution >= 0.6 is 0 Å². The summed E-state index contributed by atoms with van der Waals surface area (Å²) in [6.45, 7) is 4.82. The lowest BCUT2D eigenvalue weighted by atomic mass is 10.0. The largest absolute Gasteiger partial charge is 0.466 e. The van der Waals surface area contributed by atoms with Crippen molar-refractivity contribution in [1.82, 2.24) is 0 Å². The van der Waals surface area contributed by atoms with Gasteiger partial charge in [0.15, 0.2) is 0 Å². The number of hydrogen-bond acceptors (Lipinski definition) is 3. The standard InChI is InChI=1S/C22H44O3/c1-3-5-7-8-9-10-11-12-13-14-15-16-17-18-21(23)20-22(24)25-19-6-4-2/h21,23H,3-20H2,1-2H3. The van der Waals surface area contributed by atoms with Crippen LogP contribution in [0.25, 0.3) is 0 Å². The van der Waals surface area contributed by atoms with E-state index in [1.165, 1.54) is 77.0 Å². The molecule has 0 fully saturated rings. The lowest BCUT2D eigenvalue weighted by Crippen LogP contribution is -2.16. The molecule has 0 saturated carbocycles. The Morgan fingerprint density at radius 3 is 1.64 bits per heavy atom. The Labute approximate surface area is 156 Å². The van der Waals surface area contributed by atoms with E-state index in [1.807, 2.05) is 0 Å². The Morgan fingerprint density at radius 1 is 0.720 bits per heavy atom. The van der Waals surface area contributed by atoms with Crippen LogP contribution in [0.3, 0.4) is 0 Å². The van der Waals surface area contributed by atoms with Gasteiger partial charge < -0.3 is 9.84 Å². The summed E-state index contributed by atoms with van der Waals surface area (Å²) in [5.41, 5.74) is 0. The molecule has 25 heavy (non-hydrogen) atoms. The molecule has 1 unspecified atom stereocenters. The third-order valence-electron chi connectivity index (χ3n) is 4.80. The lowest BCUT2D eigenvalue weighted by Gasteiger charge is -2.10. The summed E-state index contributed by atoms with van der Waals surface area (Å²) in [6.07, 6.45) is 19.5. The minimum absolute atomic E-state index is 0.155. The maximum absolute atomic E-state index is 11.5. The van der Waals surface area contributed by atoms with E-state index in [2.05, 4.69) is 13.8 Å². The predicted molar refractivity (Wildman–Crippen MR) is 107 cm³/mol. The number of unbranched alkanes of at least 4 members (excludes halogenated alkanes) is 13. The Bertz CT molecular complexity index is 278. The van der Waals surface area contributed by atoms with Crippen LogP contribution in [0.1, 0.15) is 123 Å². The van der Waals surface area contributed by atoms with Crippen molar-refractivity contribution in [2.24, 2.45) is 0 Å². The molecular weight excluding hydrogens is 312 g/mol. The van der Waals surface area contributed by atoms with Crippen molar-refractivity contribution < 1.29 is 14.6 Å². The van der Waals surface area contributed by atoms with Gasteiger partial charge in [0.2, 0.25) is 0 Å². The quantitative estimate of drug-likeness (QED) is 0.210. The second-order valence-electron chi connectivity index (χ2n) is 7.46. The van der Waals surface area contributed by atoms with Crippen molar-refractivity contribution in [1.29, 1.82) is 0 Å². The molecule has 0 aromatic heterocycles. The second kappa shape index (κ2) is 19.8. The van der Waals surface area contributed by atoms with Crippen molar-refractivity contribution in [2.45, 2.75) is 129 Å². The molecule has 0 radical (unpaired) electrons. The van der Waals surface area contributed by atoms with E-state index in [4.69, 9.17) is 4.74 Å². The van der Waals surface area contributed by atoms with E-state index in [0.717, 1.165) is 25.7 Å². The Balaban J connectivity index is 3.23. The second-order valence-corrected chi connectivity index (χ2v) is 7.46. The lowest BCUT2D eigenvalue weighted by molar-refractivity contribution is -0.146. The van der Waals surface area contributed by atoms with E-state index >= 15 is 0 Å². The molecule has 0 aliphatic carbocycles. The van der Waals surface area contributed by atoms with Crippen molar-refractivity contribution >= 4 is 5.97 Å². The molecule has 0 amide bonds. The van der Waals surface area contributed by atoms with Crippen LogP contribution in [0.2, 0.25) is 0 Å². The Kier molecular flexibility index (Phi) is 19.3. The summed E-state index contributed by atoms with van der Waals surface area (Å²) in [6, 6.07) is 0. The first-order valence-electron chi connectivity index (χ1n) is 11.0. The summed E-state index contributed by atoms with van der Waals surface area (Å²) in [7, 11) is 0. The van der Waals surface area contributed by atoms with Gasteiger partial charge in [-0.1, -0.05) is 104 Å². The van der Waals surface area contributed by atoms with Crippen molar-refractivity contribution in [2.75, 3.05) is 6.61 Å². The van der Waals surface area contributed by atoms with Gasteiger partial charge in [0.05, 0.1) is 19.1 Å². The normalized spacial score (nSPS) is 12.3. The molecule has 0 aromatic carbocycles. The molecule has 0 aromatic rings. The fourth-order valence-corrected chi connectivity index (χ4v) is 3.08. The van der Waals surface area contributed by atoms with E-state index in [9.17, 15) is 9.90 Å². The zero-order valence-electron chi connectivity index (χ0n) is 17.1. The van der Waals surface area contributed by atoms with E-state index in [1.54, 1.807) is 0 Å². The summed E-state index contributed by atoms with van der Waals surface area (Å²) in [5.74, 6) is -0.254. The van der Waals surface area contributed by atoms with E-state index in [0.29, 0.717) is 6.61 Å². The van der Waals surface area contributed by atoms with Crippen LogP contribution in [-0.2, 0) is 9.53 Å². The number of hydrogen-bond donors (Lipinski definition) is 1. The van der Waals surface area contributed by atoms with Gasteiger partial charge in [-0.2, -0.15) is 0 Å². The zero-order valence-corrected chi connectivity index (χ0v) is 17.1. The summed E-state index contributed by atoms with van der Waals surface area (Å²) >= 11 is 0. The van der Waals surface area contributed by atoms with E-state index in [-0.39, 0.29) is 12.4 Å². The summed E-state index contributed by atoms with van der Waals surface area (Å²) in [4.78, 5) is 11.5. The van der Waals surface area contributed by atoms with Crippen LogP contribution in [0.5, 0.6) is 0 Å². The highest BCUT2D eigenvalue weighted by molar-refractivity contribution is 5.69. The highest BCUT2D eigenvalue weighted by Crippen LogP contribution is 2.14. The SMILES string of the molecule is CCCCCCCCCCCCCCCC(O)CC(=O)OCCCC. The average Bonchev–Trinajstić information content (AvgIpc) is 2.59. The van der Waals surface area contributed by atoms with Gasteiger partial charge >= 0.3 is 5.97 Å². The molecule has 1 atom stereocenters. The molecule has 3 nitrogen and oxygen atoms in total. The zero-order chi connectivity index (χ0) is 18.6. The highest BCUT2D eigenvalue weighted by Gasteiger charge is 2.11. The number of carbonyl (C=O) groups excluding carboxylic acids is 1. The molecular formula is C22H44O3. The molecule has 0 spiro atoms. The fraction of sp³-hybridized carbons (Fsp3) is 0.955. The van der Waals surface area contributed by atoms with Crippen LogP contribution < -0.4 is 0 Å². The monoisotopic (exact) mass is 356 g/mol. The van der Waals surface area contributed by atoms with Gasteiger partial charge in [0, 0.05) is 0 Å². The summed E-state index contributed by atoms with van der Waals surface area (Å²) < 4.78 is 5.07. The molecule has 150 valence electrons. The number of rotatable bonds is 19. The number of aliphatic hydroxyl groups is 1. The van der Waals surface area contributed by atoms with Gasteiger partial charge in [-0.3, -0.25) is 4.79 Å². The molecule has 1 N–H and O–H groups in total. The van der Waals surface area contributed by atoms with E-state index < -0.39 is 6.10 Å². The van der Waals surface area contributed by atoms with Gasteiger partial charge in [0.1, 0.15) is 0 Å². The molecule has 0 rings (SSSR count). The molecule has 0 saturated heterocycles. The Hall–Kier alpha value is -0.570. The minimum Gasteiger partial charge on any atom is -0.466 e. The maximum atomic E-state index is 11.5. The number of ether oxygens (including phenoxy) is 1. The number of carbonyl (C=O) groups is 1. The van der Waals surface area contributed by atoms with Gasteiger partial charge in [-0.05, 0) is 12.8 Å². The van der Waals surface area contributed by atoms with Gasteiger partial charge in [0.25, 0.3) is 0 Å². The average molecular weight is 357 g/mol. The van der Waals surface area contributed by atoms with Crippen LogP contribution in [-0.4, -0.2) is 23.8 Å². The topological polar surface area (TPSA) is 46.5 Å². The number of esters is 1. The fourth-order valence-electron chi connectivity index (χ4n) is 3.08. The van der Waals surface area contributed by atoms with Gasteiger partial charge in [-0.25, -0.2) is 0 Å². The Morgan fingerprint density at radius 2 is 1.16 bits per heavy atom.